The third kappa shape index (κ3) is 18.9. The number of unbranched alkanes of at least 4 members (excludes halogenated alkanes) is 10. The minimum atomic E-state index is -3.78. The average Bonchev–Trinajstić information content (AvgIpc) is 2.45. The number of rotatable bonds is 16. The molecule has 0 aromatic carbocycles. The first-order chi connectivity index (χ1) is 10.1. The summed E-state index contributed by atoms with van der Waals surface area (Å²) in [5.74, 6) is 0. The molecule has 0 aliphatic rings. The van der Waals surface area contributed by atoms with Crippen molar-refractivity contribution in [1.82, 2.24) is 0 Å². The van der Waals surface area contributed by atoms with Gasteiger partial charge in [-0.15, -0.1) is 0 Å². The molecule has 130 valence electrons. The van der Waals surface area contributed by atoms with Crippen molar-refractivity contribution in [2.24, 2.45) is 0 Å². The van der Waals surface area contributed by atoms with Crippen molar-refractivity contribution in [3.8, 4) is 0 Å². The van der Waals surface area contributed by atoms with Gasteiger partial charge >= 0.3 is 40.0 Å². The molecule has 0 saturated carbocycles. The van der Waals surface area contributed by atoms with Crippen molar-refractivity contribution in [1.29, 1.82) is 0 Å². The van der Waals surface area contributed by atoms with Gasteiger partial charge in [-0.25, -0.2) is 8.37 Å². The van der Waals surface area contributed by atoms with Crippen LogP contribution in [-0.4, -0.2) is 21.6 Å². The Balaban J connectivity index is -0.00000200. The monoisotopic (exact) mass is 346 g/mol. The Morgan fingerprint density at radius 1 is 0.636 bits per heavy atom. The van der Waals surface area contributed by atoms with Crippen molar-refractivity contribution in [3.05, 3.63) is 0 Å². The summed E-state index contributed by atoms with van der Waals surface area (Å²) in [5.41, 5.74) is 0. The molecule has 0 atom stereocenters. The maximum atomic E-state index is 11.4. The second-order valence-corrected chi connectivity index (χ2v) is 6.88. The summed E-state index contributed by atoms with van der Waals surface area (Å²) >= 11 is 0. The van der Waals surface area contributed by atoms with Crippen LogP contribution >= 0.6 is 0 Å². The van der Waals surface area contributed by atoms with E-state index in [0.717, 1.165) is 38.5 Å². The Kier molecular flexibility index (Phi) is 20.8. The Morgan fingerprint density at radius 3 is 1.32 bits per heavy atom. The number of hydrogen-bond donors (Lipinski definition) is 0. The first-order valence-corrected chi connectivity index (χ1v) is 9.99. The maximum absolute atomic E-state index is 11.4. The molecule has 0 spiro atoms. The molecule has 0 radical (unpaired) electrons. The first kappa shape index (κ1) is 25.1. The molecular formula is C16H35NaO4S. The van der Waals surface area contributed by atoms with Gasteiger partial charge in [0.1, 0.15) is 0 Å². The molecule has 22 heavy (non-hydrogen) atoms. The predicted molar refractivity (Wildman–Crippen MR) is 88.7 cm³/mol. The second kappa shape index (κ2) is 18.2. The summed E-state index contributed by atoms with van der Waals surface area (Å²) in [5, 5.41) is 0. The Bertz CT molecular complexity index is 313. The summed E-state index contributed by atoms with van der Waals surface area (Å²) in [6.07, 6.45) is 13.3. The standard InChI is InChI=1S/C16H34O4S.Na.H/c1-3-5-7-9-10-12-14-16-20-21(17,18)19-15-13-11-8-6-4-2;;/h3-16H2,1-2H3;;/q;+1;-1. The Morgan fingerprint density at radius 2 is 0.955 bits per heavy atom. The fourth-order valence-electron chi connectivity index (χ4n) is 2.12. The summed E-state index contributed by atoms with van der Waals surface area (Å²) in [6, 6.07) is 0. The summed E-state index contributed by atoms with van der Waals surface area (Å²) < 4.78 is 32.6. The molecule has 4 nitrogen and oxygen atoms in total. The fourth-order valence-corrected chi connectivity index (χ4v) is 2.83. The van der Waals surface area contributed by atoms with Crippen molar-refractivity contribution in [3.63, 3.8) is 0 Å². The second-order valence-electron chi connectivity index (χ2n) is 5.59. The average molecular weight is 347 g/mol. The molecule has 0 fully saturated rings. The largest absolute Gasteiger partial charge is 1.00 e. The van der Waals surface area contributed by atoms with Gasteiger partial charge in [0.15, 0.2) is 0 Å². The van der Waals surface area contributed by atoms with E-state index in [-0.39, 0.29) is 44.2 Å². The molecule has 0 saturated heterocycles. The van der Waals surface area contributed by atoms with Gasteiger partial charge in [0.05, 0.1) is 13.2 Å². The van der Waals surface area contributed by atoms with Crippen LogP contribution in [0.2, 0.25) is 0 Å². The molecule has 0 unspecified atom stereocenters. The molecule has 0 amide bonds. The van der Waals surface area contributed by atoms with Gasteiger partial charge in [-0.3, -0.25) is 0 Å². The predicted octanol–water partition coefficient (Wildman–Crippen LogP) is 2.10. The van der Waals surface area contributed by atoms with E-state index in [2.05, 4.69) is 13.8 Å². The van der Waals surface area contributed by atoms with E-state index in [1.807, 2.05) is 0 Å². The van der Waals surface area contributed by atoms with E-state index in [0.29, 0.717) is 0 Å². The SMILES string of the molecule is CCCCCCCCCOS(=O)(=O)OCCCCCCC.[H-].[Na+]. The van der Waals surface area contributed by atoms with Crippen LogP contribution in [0.4, 0.5) is 0 Å². The minimum Gasteiger partial charge on any atom is -1.00 e. The summed E-state index contributed by atoms with van der Waals surface area (Å²) in [7, 11) is -3.78. The molecule has 0 aromatic rings. The van der Waals surface area contributed by atoms with Gasteiger partial charge in [0.2, 0.25) is 0 Å². The molecule has 6 heteroatoms. The summed E-state index contributed by atoms with van der Waals surface area (Å²) in [4.78, 5) is 0. The molecule has 0 bridgehead atoms. The first-order valence-electron chi connectivity index (χ1n) is 8.66. The molecule has 0 N–H and O–H groups in total. The van der Waals surface area contributed by atoms with Crippen LogP contribution < -0.4 is 29.6 Å². The number of hydrogen-bond acceptors (Lipinski definition) is 4. The van der Waals surface area contributed by atoms with Crippen molar-refractivity contribution < 1.29 is 47.8 Å². The van der Waals surface area contributed by atoms with Gasteiger partial charge in [0, 0.05) is 0 Å². The zero-order chi connectivity index (χ0) is 15.8. The van der Waals surface area contributed by atoms with Crippen molar-refractivity contribution >= 4 is 10.4 Å². The van der Waals surface area contributed by atoms with Crippen LogP contribution in [0.25, 0.3) is 0 Å². The Labute approximate surface area is 161 Å². The molecule has 0 aliphatic heterocycles. The maximum Gasteiger partial charge on any atom is 1.00 e. The van der Waals surface area contributed by atoms with Gasteiger partial charge in [-0.2, -0.15) is 8.42 Å². The molecule has 0 aliphatic carbocycles. The topological polar surface area (TPSA) is 52.6 Å². The van der Waals surface area contributed by atoms with E-state index < -0.39 is 10.4 Å². The van der Waals surface area contributed by atoms with E-state index in [1.54, 1.807) is 0 Å². The van der Waals surface area contributed by atoms with Crippen LogP contribution in [0, 0.1) is 0 Å². The van der Waals surface area contributed by atoms with E-state index in [1.165, 1.54) is 38.5 Å². The van der Waals surface area contributed by atoms with Crippen molar-refractivity contribution in [2.75, 3.05) is 13.2 Å². The quantitative estimate of drug-likeness (QED) is 0.317. The molecule has 0 aromatic heterocycles. The normalized spacial score (nSPS) is 11.4. The molecule has 0 heterocycles. The fraction of sp³-hybridized carbons (Fsp3) is 1.00. The van der Waals surface area contributed by atoms with E-state index in [4.69, 9.17) is 8.37 Å². The third-order valence-corrected chi connectivity index (χ3v) is 4.36. The zero-order valence-electron chi connectivity index (χ0n) is 15.9. The molecule has 0 rings (SSSR count). The Hall–Kier alpha value is 0.870. The zero-order valence-corrected chi connectivity index (χ0v) is 17.8. The van der Waals surface area contributed by atoms with E-state index in [9.17, 15) is 8.42 Å². The van der Waals surface area contributed by atoms with Gasteiger partial charge < -0.3 is 1.43 Å². The van der Waals surface area contributed by atoms with Gasteiger partial charge in [-0.1, -0.05) is 78.1 Å². The molecular weight excluding hydrogens is 311 g/mol. The van der Waals surface area contributed by atoms with Crippen LogP contribution in [0.5, 0.6) is 0 Å². The van der Waals surface area contributed by atoms with E-state index >= 15 is 0 Å². The van der Waals surface area contributed by atoms with Crippen LogP contribution in [0.3, 0.4) is 0 Å². The summed E-state index contributed by atoms with van der Waals surface area (Å²) in [6.45, 7) is 4.83. The smallest absolute Gasteiger partial charge is 1.00 e. The van der Waals surface area contributed by atoms with Crippen LogP contribution in [-0.2, 0) is 18.8 Å². The van der Waals surface area contributed by atoms with Gasteiger partial charge in [0.25, 0.3) is 0 Å². The third-order valence-electron chi connectivity index (χ3n) is 3.45. The van der Waals surface area contributed by atoms with Crippen LogP contribution in [0.15, 0.2) is 0 Å². The van der Waals surface area contributed by atoms with Gasteiger partial charge in [-0.05, 0) is 12.8 Å². The van der Waals surface area contributed by atoms with Crippen LogP contribution in [0.1, 0.15) is 92.3 Å². The van der Waals surface area contributed by atoms with Crippen molar-refractivity contribution in [2.45, 2.75) is 90.9 Å². The minimum absolute atomic E-state index is 0.